The van der Waals surface area contributed by atoms with Crippen molar-refractivity contribution in [1.82, 2.24) is 14.9 Å². The number of ether oxygens (including phenoxy) is 1. The molecule has 0 spiro atoms. The largest absolute Gasteiger partial charge is 0.454 e. The number of rotatable bonds is 5. The summed E-state index contributed by atoms with van der Waals surface area (Å²) in [6.45, 7) is 3.74. The summed E-state index contributed by atoms with van der Waals surface area (Å²) in [6.07, 6.45) is 4.50. The first kappa shape index (κ1) is 21.2. The van der Waals surface area contributed by atoms with E-state index in [0.717, 1.165) is 48.4 Å². The summed E-state index contributed by atoms with van der Waals surface area (Å²) >= 11 is 0. The number of pyridine rings is 1. The van der Waals surface area contributed by atoms with Crippen molar-refractivity contribution >= 4 is 16.6 Å². The minimum atomic E-state index is -0.785. The molecule has 2 N–H and O–H groups in total. The van der Waals surface area contributed by atoms with Crippen LogP contribution >= 0.6 is 0 Å². The number of hydrogen-bond donors (Lipinski definition) is 2. The van der Waals surface area contributed by atoms with Crippen molar-refractivity contribution < 1.29 is 13.5 Å². The molecule has 2 aromatic heterocycles. The Labute approximate surface area is 189 Å². The predicted octanol–water partition coefficient (Wildman–Crippen LogP) is 4.75. The maximum absolute atomic E-state index is 14.4. The van der Waals surface area contributed by atoms with E-state index in [2.05, 4.69) is 22.1 Å². The molecule has 2 aromatic carbocycles. The molecule has 8 heteroatoms. The quantitative estimate of drug-likeness (QED) is 0.461. The Bertz CT molecular complexity index is 1400. The van der Waals surface area contributed by atoms with Crippen molar-refractivity contribution in [3.63, 3.8) is 0 Å². The van der Waals surface area contributed by atoms with Crippen LogP contribution in [0.1, 0.15) is 13.3 Å². The summed E-state index contributed by atoms with van der Waals surface area (Å²) in [7, 11) is 1.69. The van der Waals surface area contributed by atoms with Crippen LogP contribution in [0.25, 0.3) is 22.0 Å². The topological polar surface area (TPSA) is 62.3 Å². The average Bonchev–Trinajstić information content (AvgIpc) is 3.48. The SMILES string of the molecule is CC[C@H]1CN(c2ccc(Oc3ccc(F)cc3F)c(-c3cn(C)c(=O)c4[nH]ccc34)c2)CN1. The molecule has 0 radical (unpaired) electrons. The number of fused-ring (bicyclic) bond motifs is 1. The third-order valence-electron chi connectivity index (χ3n) is 6.13. The third-order valence-corrected chi connectivity index (χ3v) is 6.13. The van der Waals surface area contributed by atoms with Crippen LogP contribution in [0.5, 0.6) is 11.5 Å². The number of anilines is 1. The van der Waals surface area contributed by atoms with Gasteiger partial charge < -0.3 is 19.2 Å². The Kier molecular flexibility index (Phi) is 5.38. The van der Waals surface area contributed by atoms with Crippen LogP contribution in [0.4, 0.5) is 14.5 Å². The highest BCUT2D eigenvalue weighted by Crippen LogP contribution is 2.39. The Balaban J connectivity index is 1.66. The summed E-state index contributed by atoms with van der Waals surface area (Å²) in [5.41, 5.74) is 2.80. The summed E-state index contributed by atoms with van der Waals surface area (Å²) in [5.74, 6) is -1.12. The van der Waals surface area contributed by atoms with Gasteiger partial charge in [-0.05, 0) is 42.8 Å². The van der Waals surface area contributed by atoms with Gasteiger partial charge in [-0.25, -0.2) is 8.78 Å². The number of aryl methyl sites for hydroxylation is 1. The van der Waals surface area contributed by atoms with Crippen molar-refractivity contribution in [3.8, 4) is 22.6 Å². The highest BCUT2D eigenvalue weighted by Gasteiger charge is 2.23. The van der Waals surface area contributed by atoms with Gasteiger partial charge in [-0.1, -0.05) is 6.92 Å². The van der Waals surface area contributed by atoms with Crippen molar-refractivity contribution in [1.29, 1.82) is 0 Å². The zero-order chi connectivity index (χ0) is 23.1. The highest BCUT2D eigenvalue weighted by molar-refractivity contribution is 5.96. The van der Waals surface area contributed by atoms with Gasteiger partial charge in [0.05, 0.1) is 6.67 Å². The molecule has 0 bridgehead atoms. The van der Waals surface area contributed by atoms with Gasteiger partial charge in [-0.2, -0.15) is 0 Å². The number of nitrogens with one attached hydrogen (secondary N) is 2. The van der Waals surface area contributed by atoms with E-state index in [1.54, 1.807) is 25.5 Å². The fraction of sp³-hybridized carbons (Fsp3) is 0.240. The van der Waals surface area contributed by atoms with E-state index in [1.165, 1.54) is 10.6 Å². The van der Waals surface area contributed by atoms with Crippen molar-refractivity contribution in [2.75, 3.05) is 18.1 Å². The summed E-state index contributed by atoms with van der Waals surface area (Å²) in [4.78, 5) is 17.8. The highest BCUT2D eigenvalue weighted by atomic mass is 19.1. The fourth-order valence-corrected chi connectivity index (χ4v) is 4.28. The van der Waals surface area contributed by atoms with Gasteiger partial charge in [-0.3, -0.25) is 10.1 Å². The van der Waals surface area contributed by atoms with Gasteiger partial charge in [0.2, 0.25) is 0 Å². The lowest BCUT2D eigenvalue weighted by molar-refractivity contribution is 0.439. The predicted molar refractivity (Wildman–Crippen MR) is 125 cm³/mol. The van der Waals surface area contributed by atoms with Crippen LogP contribution in [-0.4, -0.2) is 28.8 Å². The van der Waals surface area contributed by atoms with Crippen LogP contribution in [0.15, 0.2) is 59.7 Å². The van der Waals surface area contributed by atoms with Gasteiger partial charge in [0.15, 0.2) is 11.6 Å². The van der Waals surface area contributed by atoms with Gasteiger partial charge in [0.1, 0.15) is 17.1 Å². The molecule has 0 unspecified atom stereocenters. The summed E-state index contributed by atoms with van der Waals surface area (Å²) < 4.78 is 35.2. The molecule has 4 aromatic rings. The number of aromatic amines is 1. The Morgan fingerprint density at radius 3 is 2.67 bits per heavy atom. The summed E-state index contributed by atoms with van der Waals surface area (Å²) in [6, 6.07) is 11.2. The molecule has 1 fully saturated rings. The summed E-state index contributed by atoms with van der Waals surface area (Å²) in [5, 5.41) is 4.22. The second-order valence-corrected chi connectivity index (χ2v) is 8.27. The second-order valence-electron chi connectivity index (χ2n) is 8.27. The zero-order valence-corrected chi connectivity index (χ0v) is 18.4. The van der Waals surface area contributed by atoms with Crippen molar-refractivity contribution in [2.45, 2.75) is 19.4 Å². The molecule has 0 aliphatic carbocycles. The van der Waals surface area contributed by atoms with E-state index in [-0.39, 0.29) is 11.3 Å². The molecular formula is C25H24F2N4O2. The molecule has 33 heavy (non-hydrogen) atoms. The van der Waals surface area contributed by atoms with Gasteiger partial charge in [-0.15, -0.1) is 0 Å². The first-order chi connectivity index (χ1) is 15.9. The molecule has 1 saturated heterocycles. The lowest BCUT2D eigenvalue weighted by atomic mass is 10.0. The first-order valence-electron chi connectivity index (χ1n) is 10.9. The monoisotopic (exact) mass is 450 g/mol. The first-order valence-corrected chi connectivity index (χ1v) is 10.9. The molecule has 0 saturated carbocycles. The average molecular weight is 450 g/mol. The number of aromatic nitrogens is 2. The lowest BCUT2D eigenvalue weighted by Crippen LogP contribution is -2.21. The van der Waals surface area contributed by atoms with E-state index >= 15 is 0 Å². The second kappa shape index (κ2) is 8.37. The number of halogens is 2. The Morgan fingerprint density at radius 1 is 1.09 bits per heavy atom. The van der Waals surface area contributed by atoms with E-state index < -0.39 is 11.6 Å². The molecule has 3 heterocycles. The smallest absolute Gasteiger partial charge is 0.274 e. The van der Waals surface area contributed by atoms with Crippen molar-refractivity contribution in [2.24, 2.45) is 7.05 Å². The molecular weight excluding hydrogens is 426 g/mol. The normalized spacial score (nSPS) is 16.0. The maximum atomic E-state index is 14.4. The van der Waals surface area contributed by atoms with Gasteiger partial charge in [0, 0.05) is 60.3 Å². The molecule has 0 amide bonds. The molecule has 170 valence electrons. The van der Waals surface area contributed by atoms with E-state index in [1.807, 2.05) is 18.2 Å². The van der Waals surface area contributed by atoms with Gasteiger partial charge >= 0.3 is 0 Å². The third kappa shape index (κ3) is 3.87. The van der Waals surface area contributed by atoms with E-state index in [0.29, 0.717) is 22.9 Å². The van der Waals surface area contributed by atoms with Crippen LogP contribution in [0.3, 0.4) is 0 Å². The minimum Gasteiger partial charge on any atom is -0.454 e. The fourth-order valence-electron chi connectivity index (χ4n) is 4.28. The number of H-pyrrole nitrogens is 1. The van der Waals surface area contributed by atoms with Crippen LogP contribution in [-0.2, 0) is 7.05 Å². The van der Waals surface area contributed by atoms with Crippen LogP contribution in [0.2, 0.25) is 0 Å². The van der Waals surface area contributed by atoms with Gasteiger partial charge in [0.25, 0.3) is 5.56 Å². The number of benzene rings is 2. The zero-order valence-electron chi connectivity index (χ0n) is 18.4. The van der Waals surface area contributed by atoms with E-state index in [4.69, 9.17) is 4.74 Å². The maximum Gasteiger partial charge on any atom is 0.274 e. The Morgan fingerprint density at radius 2 is 1.91 bits per heavy atom. The molecule has 6 nitrogen and oxygen atoms in total. The molecule has 1 aliphatic heterocycles. The minimum absolute atomic E-state index is 0.0746. The molecule has 5 rings (SSSR count). The Hall–Kier alpha value is -3.65. The van der Waals surface area contributed by atoms with E-state index in [9.17, 15) is 13.6 Å². The molecule has 1 aliphatic rings. The molecule has 1 atom stereocenters. The number of nitrogens with zero attached hydrogens (tertiary/aromatic N) is 2. The lowest BCUT2D eigenvalue weighted by Gasteiger charge is -2.21. The standard InChI is InChI=1S/C25H24F2N4O2/c1-3-16-12-31(14-29-16)17-5-7-22(33-23-6-4-15(26)10-21(23)27)19(11-17)20-13-30(2)25(32)24-18(20)8-9-28-24/h4-11,13,16,28-29H,3,12,14H2,1-2H3/t16-/m0/s1. The van der Waals surface area contributed by atoms with Crippen LogP contribution in [0, 0.1) is 11.6 Å². The van der Waals surface area contributed by atoms with Crippen molar-refractivity contribution in [3.05, 3.63) is 76.8 Å². The van der Waals surface area contributed by atoms with Crippen LogP contribution < -0.4 is 20.5 Å². The number of hydrogen-bond acceptors (Lipinski definition) is 4.